The molecule has 1 aromatic heterocycles. The Kier molecular flexibility index (Phi) is 3.77. The minimum Gasteiger partial charge on any atom is -0.376 e. The average Bonchev–Trinajstić information content (AvgIpc) is 2.85. The number of aromatic nitrogens is 2. The fraction of sp³-hybridized carbons (Fsp3) is 0.778. The number of ether oxygens (including phenoxy) is 1. The molecule has 1 atom stereocenters. The molecule has 1 aromatic rings. The van der Waals surface area contributed by atoms with E-state index in [-0.39, 0.29) is 0 Å². The van der Waals surface area contributed by atoms with Crippen LogP contribution in [0.5, 0.6) is 0 Å². The van der Waals surface area contributed by atoms with Crippen LogP contribution >= 0.6 is 23.3 Å². The first-order valence-corrected chi connectivity index (χ1v) is 6.26. The Morgan fingerprint density at radius 3 is 3.00 bits per heavy atom. The molecule has 0 radical (unpaired) electrons. The van der Waals surface area contributed by atoms with Gasteiger partial charge in [-0.15, -0.1) is 0 Å². The van der Waals surface area contributed by atoms with E-state index in [4.69, 9.17) is 16.3 Å². The smallest absolute Gasteiger partial charge is 0.187 e. The third kappa shape index (κ3) is 2.59. The molecule has 6 heteroatoms. The second-order valence-corrected chi connectivity index (χ2v) is 4.44. The standard InChI is InChI=1S/C9H14ClN3OS/c1-2-13(6-7-4-3-5-14-7)9-8(10)11-15-12-9/h7H,2-6H2,1H3. The van der Waals surface area contributed by atoms with Gasteiger partial charge in [-0.25, -0.2) is 0 Å². The zero-order valence-electron chi connectivity index (χ0n) is 8.65. The molecule has 0 aromatic carbocycles. The van der Waals surface area contributed by atoms with Crippen molar-refractivity contribution in [2.24, 2.45) is 0 Å². The van der Waals surface area contributed by atoms with Gasteiger partial charge in [-0.2, -0.15) is 8.75 Å². The summed E-state index contributed by atoms with van der Waals surface area (Å²) in [6, 6.07) is 0. The van der Waals surface area contributed by atoms with E-state index >= 15 is 0 Å². The first kappa shape index (κ1) is 11.1. The van der Waals surface area contributed by atoms with Gasteiger partial charge in [0.25, 0.3) is 0 Å². The van der Waals surface area contributed by atoms with Crippen LogP contribution in [0.1, 0.15) is 19.8 Å². The number of hydrogen-bond donors (Lipinski definition) is 0. The molecule has 0 N–H and O–H groups in total. The lowest BCUT2D eigenvalue weighted by Gasteiger charge is -2.23. The maximum Gasteiger partial charge on any atom is 0.187 e. The minimum atomic E-state index is 0.322. The SMILES string of the molecule is CCN(CC1CCCO1)c1nsnc1Cl. The zero-order valence-corrected chi connectivity index (χ0v) is 10.2. The van der Waals surface area contributed by atoms with Gasteiger partial charge in [0, 0.05) is 19.7 Å². The van der Waals surface area contributed by atoms with Crippen LogP contribution in [0.3, 0.4) is 0 Å². The second kappa shape index (κ2) is 5.09. The Labute approximate surface area is 98.5 Å². The topological polar surface area (TPSA) is 38.2 Å². The molecule has 1 fully saturated rings. The van der Waals surface area contributed by atoms with Gasteiger partial charge in [-0.3, -0.25) is 0 Å². The van der Waals surface area contributed by atoms with Crippen molar-refractivity contribution in [2.75, 3.05) is 24.6 Å². The van der Waals surface area contributed by atoms with Crippen LogP contribution < -0.4 is 4.90 Å². The molecule has 0 saturated carbocycles. The van der Waals surface area contributed by atoms with Gasteiger partial charge in [-0.05, 0) is 19.8 Å². The van der Waals surface area contributed by atoms with Crippen molar-refractivity contribution in [2.45, 2.75) is 25.9 Å². The summed E-state index contributed by atoms with van der Waals surface area (Å²) in [7, 11) is 0. The largest absolute Gasteiger partial charge is 0.376 e. The van der Waals surface area contributed by atoms with Gasteiger partial charge in [0.15, 0.2) is 11.0 Å². The predicted octanol–water partition coefficient (Wildman–Crippen LogP) is 2.20. The molecule has 0 spiro atoms. The number of likely N-dealkylation sites (N-methyl/N-ethyl adjacent to an activating group) is 1. The number of rotatable bonds is 4. The molecular formula is C9H14ClN3OS. The molecule has 84 valence electrons. The molecule has 15 heavy (non-hydrogen) atoms. The summed E-state index contributed by atoms with van der Waals surface area (Å²) in [5.74, 6) is 0.791. The second-order valence-electron chi connectivity index (χ2n) is 3.55. The van der Waals surface area contributed by atoms with Crippen molar-refractivity contribution in [3.05, 3.63) is 5.15 Å². The molecule has 0 aliphatic carbocycles. The van der Waals surface area contributed by atoms with Crippen LogP contribution in [0.25, 0.3) is 0 Å². The van der Waals surface area contributed by atoms with Crippen LogP contribution in [0.2, 0.25) is 5.15 Å². The average molecular weight is 248 g/mol. The highest BCUT2D eigenvalue weighted by molar-refractivity contribution is 6.99. The number of nitrogens with zero attached hydrogens (tertiary/aromatic N) is 3. The molecular weight excluding hydrogens is 234 g/mol. The first-order valence-electron chi connectivity index (χ1n) is 5.16. The molecule has 1 aliphatic heterocycles. The zero-order chi connectivity index (χ0) is 10.7. The van der Waals surface area contributed by atoms with Crippen LogP contribution in [-0.2, 0) is 4.74 Å². The lowest BCUT2D eigenvalue weighted by Crippen LogP contribution is -2.32. The molecule has 0 bridgehead atoms. The summed E-state index contributed by atoms with van der Waals surface area (Å²) in [5, 5.41) is 0.500. The Hall–Kier alpha value is -0.390. The summed E-state index contributed by atoms with van der Waals surface area (Å²) in [5.41, 5.74) is 0. The minimum absolute atomic E-state index is 0.322. The highest BCUT2D eigenvalue weighted by Crippen LogP contribution is 2.24. The highest BCUT2D eigenvalue weighted by Gasteiger charge is 2.21. The lowest BCUT2D eigenvalue weighted by molar-refractivity contribution is 0.115. The summed E-state index contributed by atoms with van der Waals surface area (Å²) < 4.78 is 13.8. The predicted molar refractivity (Wildman–Crippen MR) is 61.8 cm³/mol. The van der Waals surface area contributed by atoms with Gasteiger partial charge in [-0.1, -0.05) is 11.6 Å². The lowest BCUT2D eigenvalue weighted by atomic mass is 10.2. The Morgan fingerprint density at radius 2 is 2.47 bits per heavy atom. The van der Waals surface area contributed by atoms with Crippen molar-refractivity contribution >= 4 is 29.1 Å². The Morgan fingerprint density at radius 1 is 1.60 bits per heavy atom. The van der Waals surface area contributed by atoms with Crippen LogP contribution in [0.4, 0.5) is 5.82 Å². The quantitative estimate of drug-likeness (QED) is 0.818. The normalized spacial score (nSPS) is 20.8. The Balaban J connectivity index is 2.00. The van der Waals surface area contributed by atoms with Gasteiger partial charge in [0.1, 0.15) is 0 Å². The van der Waals surface area contributed by atoms with Crippen molar-refractivity contribution in [1.29, 1.82) is 0 Å². The molecule has 2 heterocycles. The van der Waals surface area contributed by atoms with Crippen LogP contribution in [0, 0.1) is 0 Å². The summed E-state index contributed by atoms with van der Waals surface area (Å²) in [6.45, 7) is 4.71. The monoisotopic (exact) mass is 247 g/mol. The third-order valence-corrected chi connectivity index (χ3v) is 3.43. The summed E-state index contributed by atoms with van der Waals surface area (Å²) in [4.78, 5) is 2.13. The van der Waals surface area contributed by atoms with Gasteiger partial charge in [0.05, 0.1) is 17.8 Å². The van der Waals surface area contributed by atoms with Crippen molar-refractivity contribution in [3.63, 3.8) is 0 Å². The summed E-state index contributed by atoms with van der Waals surface area (Å²) >= 11 is 7.11. The molecule has 4 nitrogen and oxygen atoms in total. The van der Waals surface area contributed by atoms with E-state index in [0.29, 0.717) is 11.3 Å². The Bertz CT molecular complexity index is 314. The van der Waals surface area contributed by atoms with Gasteiger partial charge < -0.3 is 9.64 Å². The van der Waals surface area contributed by atoms with E-state index in [0.717, 1.165) is 50.1 Å². The van der Waals surface area contributed by atoms with E-state index in [1.807, 2.05) is 0 Å². The maximum absolute atomic E-state index is 5.95. The van der Waals surface area contributed by atoms with Gasteiger partial charge >= 0.3 is 0 Å². The van der Waals surface area contributed by atoms with Crippen molar-refractivity contribution in [3.8, 4) is 0 Å². The molecule has 2 rings (SSSR count). The number of halogens is 1. The fourth-order valence-corrected chi connectivity index (χ4v) is 2.54. The van der Waals surface area contributed by atoms with Crippen molar-refractivity contribution in [1.82, 2.24) is 8.75 Å². The van der Waals surface area contributed by atoms with E-state index in [1.165, 1.54) is 0 Å². The van der Waals surface area contributed by atoms with E-state index < -0.39 is 0 Å². The number of hydrogen-bond acceptors (Lipinski definition) is 5. The van der Waals surface area contributed by atoms with E-state index in [9.17, 15) is 0 Å². The number of anilines is 1. The molecule has 1 saturated heterocycles. The van der Waals surface area contributed by atoms with Gasteiger partial charge in [0.2, 0.25) is 0 Å². The summed E-state index contributed by atoms with van der Waals surface area (Å²) in [6.07, 6.45) is 2.61. The van der Waals surface area contributed by atoms with Crippen LogP contribution in [0.15, 0.2) is 0 Å². The van der Waals surface area contributed by atoms with Crippen LogP contribution in [-0.4, -0.2) is 34.5 Å². The third-order valence-electron chi connectivity index (χ3n) is 2.56. The molecule has 1 unspecified atom stereocenters. The van der Waals surface area contributed by atoms with E-state index in [1.54, 1.807) is 0 Å². The first-order chi connectivity index (χ1) is 7.31. The van der Waals surface area contributed by atoms with Crippen molar-refractivity contribution < 1.29 is 4.74 Å². The molecule has 0 amide bonds. The fourth-order valence-electron chi connectivity index (χ4n) is 1.76. The molecule has 1 aliphatic rings. The highest BCUT2D eigenvalue weighted by atomic mass is 35.5. The maximum atomic E-state index is 5.95. The van der Waals surface area contributed by atoms with E-state index in [2.05, 4.69) is 20.6 Å².